The summed E-state index contributed by atoms with van der Waals surface area (Å²) in [6.07, 6.45) is 3.18. The first-order valence-electron chi connectivity index (χ1n) is 4.41. The van der Waals surface area contributed by atoms with Crippen molar-refractivity contribution in [3.05, 3.63) is 0 Å². The molecule has 1 saturated heterocycles. The van der Waals surface area contributed by atoms with E-state index >= 15 is 0 Å². The molecule has 1 fully saturated rings. The number of rotatable bonds is 3. The van der Waals surface area contributed by atoms with E-state index in [1.807, 2.05) is 0 Å². The van der Waals surface area contributed by atoms with Gasteiger partial charge in [0.25, 0.3) is 0 Å². The molecule has 0 bridgehead atoms. The van der Waals surface area contributed by atoms with Gasteiger partial charge in [-0.1, -0.05) is 0 Å². The molecule has 0 amide bonds. The van der Waals surface area contributed by atoms with Gasteiger partial charge in [-0.15, -0.1) is 0 Å². The van der Waals surface area contributed by atoms with E-state index in [1.54, 1.807) is 0 Å². The maximum absolute atomic E-state index is 8.67. The van der Waals surface area contributed by atoms with Gasteiger partial charge < -0.3 is 16.2 Å². The van der Waals surface area contributed by atoms with Crippen molar-refractivity contribution in [3.8, 4) is 0 Å². The van der Waals surface area contributed by atoms with Gasteiger partial charge in [-0.2, -0.15) is 0 Å². The molecule has 3 heteroatoms. The Morgan fingerprint density at radius 1 is 1.64 bits per heavy atom. The van der Waals surface area contributed by atoms with Gasteiger partial charge in [-0.05, 0) is 38.3 Å². The molecule has 0 spiro atoms. The number of aliphatic hydroxyl groups is 1. The third kappa shape index (κ3) is 2.77. The van der Waals surface area contributed by atoms with Crippen molar-refractivity contribution < 1.29 is 5.11 Å². The van der Waals surface area contributed by atoms with E-state index < -0.39 is 0 Å². The van der Waals surface area contributed by atoms with Crippen LogP contribution in [0.15, 0.2) is 0 Å². The van der Waals surface area contributed by atoms with Crippen molar-refractivity contribution in [1.29, 1.82) is 0 Å². The Morgan fingerprint density at radius 3 is 3.00 bits per heavy atom. The van der Waals surface area contributed by atoms with Crippen LogP contribution in [0.2, 0.25) is 0 Å². The van der Waals surface area contributed by atoms with Gasteiger partial charge in [0.05, 0.1) is 0 Å². The molecular weight excluding hydrogens is 140 g/mol. The second kappa shape index (κ2) is 4.70. The Labute approximate surface area is 68.0 Å². The summed E-state index contributed by atoms with van der Waals surface area (Å²) in [7, 11) is 0. The van der Waals surface area contributed by atoms with Crippen LogP contribution in [0, 0.1) is 5.92 Å². The lowest BCUT2D eigenvalue weighted by Crippen LogP contribution is -2.41. The molecule has 0 aromatic heterocycles. The smallest absolute Gasteiger partial charge is 0.0445 e. The van der Waals surface area contributed by atoms with Gasteiger partial charge in [-0.25, -0.2) is 0 Å². The molecule has 66 valence electrons. The summed E-state index contributed by atoms with van der Waals surface area (Å²) in [5, 5.41) is 12.0. The fraction of sp³-hybridized carbons (Fsp3) is 1.00. The van der Waals surface area contributed by atoms with Gasteiger partial charge in [0.1, 0.15) is 0 Å². The molecular formula is C8H18N2O. The average molecular weight is 158 g/mol. The zero-order valence-electron chi connectivity index (χ0n) is 6.92. The molecule has 0 saturated carbocycles. The maximum Gasteiger partial charge on any atom is 0.0445 e. The number of aliphatic hydroxyl groups excluding tert-OH is 1. The summed E-state index contributed by atoms with van der Waals surface area (Å²) in [5.74, 6) is 0.580. The standard InChI is InChI=1S/C8H18N2O/c9-8(3-5-11)7-2-1-4-10-6-7/h7-8,10-11H,1-6,9H2. The van der Waals surface area contributed by atoms with Gasteiger partial charge in [0, 0.05) is 12.6 Å². The van der Waals surface area contributed by atoms with Gasteiger partial charge in [0.2, 0.25) is 0 Å². The molecule has 1 rings (SSSR count). The lowest BCUT2D eigenvalue weighted by Gasteiger charge is -2.27. The summed E-state index contributed by atoms with van der Waals surface area (Å²) >= 11 is 0. The minimum absolute atomic E-state index is 0.188. The Balaban J connectivity index is 2.21. The summed E-state index contributed by atoms with van der Waals surface area (Å²) < 4.78 is 0. The summed E-state index contributed by atoms with van der Waals surface area (Å²) in [4.78, 5) is 0. The molecule has 0 aromatic carbocycles. The number of piperidine rings is 1. The summed E-state index contributed by atoms with van der Waals surface area (Å²) in [6.45, 7) is 2.38. The van der Waals surface area contributed by atoms with E-state index in [2.05, 4.69) is 5.32 Å². The Hall–Kier alpha value is -0.120. The van der Waals surface area contributed by atoms with E-state index in [1.165, 1.54) is 12.8 Å². The van der Waals surface area contributed by atoms with E-state index in [-0.39, 0.29) is 12.6 Å². The number of hydrogen-bond donors (Lipinski definition) is 3. The van der Waals surface area contributed by atoms with Crippen LogP contribution in [-0.2, 0) is 0 Å². The van der Waals surface area contributed by atoms with Crippen molar-refractivity contribution in [2.75, 3.05) is 19.7 Å². The van der Waals surface area contributed by atoms with Crippen LogP contribution in [0.5, 0.6) is 0 Å². The Morgan fingerprint density at radius 2 is 2.45 bits per heavy atom. The normalized spacial score (nSPS) is 28.4. The van der Waals surface area contributed by atoms with E-state index in [9.17, 15) is 0 Å². The van der Waals surface area contributed by atoms with Crippen LogP contribution in [-0.4, -0.2) is 30.8 Å². The lowest BCUT2D eigenvalue weighted by atomic mass is 9.91. The van der Waals surface area contributed by atoms with Gasteiger partial charge in [-0.3, -0.25) is 0 Å². The van der Waals surface area contributed by atoms with Gasteiger partial charge in [0.15, 0.2) is 0 Å². The molecule has 2 unspecified atom stereocenters. The predicted molar refractivity (Wildman–Crippen MR) is 45.3 cm³/mol. The molecule has 0 radical (unpaired) electrons. The molecule has 3 nitrogen and oxygen atoms in total. The van der Waals surface area contributed by atoms with Crippen molar-refractivity contribution in [2.45, 2.75) is 25.3 Å². The van der Waals surface area contributed by atoms with Crippen molar-refractivity contribution in [3.63, 3.8) is 0 Å². The fourth-order valence-electron chi connectivity index (χ4n) is 1.63. The minimum atomic E-state index is 0.188. The van der Waals surface area contributed by atoms with Crippen LogP contribution in [0.1, 0.15) is 19.3 Å². The third-order valence-electron chi connectivity index (χ3n) is 2.40. The maximum atomic E-state index is 8.67. The van der Waals surface area contributed by atoms with Gasteiger partial charge >= 0.3 is 0 Å². The lowest BCUT2D eigenvalue weighted by molar-refractivity contribution is 0.237. The van der Waals surface area contributed by atoms with Crippen LogP contribution in [0.25, 0.3) is 0 Å². The zero-order chi connectivity index (χ0) is 8.10. The highest BCUT2D eigenvalue weighted by molar-refractivity contribution is 4.78. The zero-order valence-corrected chi connectivity index (χ0v) is 6.92. The Bertz CT molecular complexity index is 102. The summed E-state index contributed by atoms with van der Waals surface area (Å²) in [6, 6.07) is 0.188. The minimum Gasteiger partial charge on any atom is -0.396 e. The largest absolute Gasteiger partial charge is 0.396 e. The van der Waals surface area contributed by atoms with Crippen LogP contribution >= 0.6 is 0 Å². The third-order valence-corrected chi connectivity index (χ3v) is 2.40. The molecule has 0 aliphatic carbocycles. The number of hydrogen-bond acceptors (Lipinski definition) is 3. The molecule has 0 aromatic rings. The Kier molecular flexibility index (Phi) is 3.83. The molecule has 2 atom stereocenters. The first-order chi connectivity index (χ1) is 5.34. The molecule has 11 heavy (non-hydrogen) atoms. The highest BCUT2D eigenvalue weighted by atomic mass is 16.3. The fourth-order valence-corrected chi connectivity index (χ4v) is 1.63. The van der Waals surface area contributed by atoms with Crippen LogP contribution in [0.3, 0.4) is 0 Å². The highest BCUT2D eigenvalue weighted by Crippen LogP contribution is 2.14. The second-order valence-electron chi connectivity index (χ2n) is 3.28. The van der Waals surface area contributed by atoms with Crippen molar-refractivity contribution in [1.82, 2.24) is 5.32 Å². The second-order valence-corrected chi connectivity index (χ2v) is 3.28. The molecule has 4 N–H and O–H groups in total. The topological polar surface area (TPSA) is 58.3 Å². The van der Waals surface area contributed by atoms with E-state index in [0.717, 1.165) is 19.5 Å². The molecule has 1 heterocycles. The highest BCUT2D eigenvalue weighted by Gasteiger charge is 2.19. The first-order valence-corrected chi connectivity index (χ1v) is 4.41. The average Bonchev–Trinajstić information content (AvgIpc) is 2.07. The van der Waals surface area contributed by atoms with E-state index in [4.69, 9.17) is 10.8 Å². The first kappa shape index (κ1) is 8.97. The van der Waals surface area contributed by atoms with Crippen LogP contribution in [0.4, 0.5) is 0 Å². The molecule has 1 aliphatic rings. The van der Waals surface area contributed by atoms with Crippen molar-refractivity contribution in [2.24, 2.45) is 11.7 Å². The quantitative estimate of drug-likeness (QED) is 0.528. The molecule has 1 aliphatic heterocycles. The predicted octanol–water partition coefficient (Wildman–Crippen LogP) is -0.304. The summed E-state index contributed by atoms with van der Waals surface area (Å²) in [5.41, 5.74) is 5.86. The van der Waals surface area contributed by atoms with E-state index in [0.29, 0.717) is 5.92 Å². The monoisotopic (exact) mass is 158 g/mol. The van der Waals surface area contributed by atoms with Crippen molar-refractivity contribution >= 4 is 0 Å². The SMILES string of the molecule is NC(CCO)C1CCCNC1. The van der Waals surface area contributed by atoms with Crippen LogP contribution < -0.4 is 11.1 Å². The number of nitrogens with one attached hydrogen (secondary N) is 1. The number of nitrogens with two attached hydrogens (primary N) is 1.